The number of aryl methyl sites for hydroxylation is 1. The molecule has 6 heteroatoms. The van der Waals surface area contributed by atoms with Gasteiger partial charge >= 0.3 is 6.03 Å². The molecule has 0 bridgehead atoms. The van der Waals surface area contributed by atoms with Crippen molar-refractivity contribution < 1.29 is 19.0 Å². The fourth-order valence-corrected chi connectivity index (χ4v) is 2.89. The van der Waals surface area contributed by atoms with Crippen molar-refractivity contribution in [2.45, 2.75) is 20.1 Å². The predicted octanol–water partition coefficient (Wildman–Crippen LogP) is 4.92. The SMILES string of the molecule is COc1ccc(COCc2cccc(NC(=O)NCCOc3ccc(C)cc3)c2)cc1. The molecular weight excluding hydrogens is 392 g/mol. The summed E-state index contributed by atoms with van der Waals surface area (Å²) >= 11 is 0. The highest BCUT2D eigenvalue weighted by Gasteiger charge is 2.03. The standard InChI is InChI=1S/C25H28N2O4/c1-19-6-10-24(11-7-19)31-15-14-26-25(28)27-22-5-3-4-21(16-22)18-30-17-20-8-12-23(29-2)13-9-20/h3-13,16H,14-15,17-18H2,1-2H3,(H2,26,27,28). The zero-order chi connectivity index (χ0) is 21.9. The first kappa shape index (κ1) is 22.2. The van der Waals surface area contributed by atoms with Crippen molar-refractivity contribution in [3.63, 3.8) is 0 Å². The van der Waals surface area contributed by atoms with E-state index in [-0.39, 0.29) is 6.03 Å². The Balaban J connectivity index is 1.37. The smallest absolute Gasteiger partial charge is 0.319 e. The third kappa shape index (κ3) is 7.68. The van der Waals surface area contributed by atoms with Gasteiger partial charge in [0.05, 0.1) is 26.9 Å². The molecule has 162 valence electrons. The third-order valence-corrected chi connectivity index (χ3v) is 4.56. The van der Waals surface area contributed by atoms with Gasteiger partial charge in [-0.3, -0.25) is 0 Å². The van der Waals surface area contributed by atoms with Crippen molar-refractivity contribution in [3.8, 4) is 11.5 Å². The minimum atomic E-state index is -0.274. The molecule has 2 N–H and O–H groups in total. The van der Waals surface area contributed by atoms with Gasteiger partial charge in [0.2, 0.25) is 0 Å². The van der Waals surface area contributed by atoms with E-state index in [0.717, 1.165) is 22.6 Å². The summed E-state index contributed by atoms with van der Waals surface area (Å²) in [6.45, 7) is 3.79. The Morgan fingerprint density at radius 3 is 2.32 bits per heavy atom. The number of methoxy groups -OCH3 is 1. The van der Waals surface area contributed by atoms with Gasteiger partial charge in [-0.05, 0) is 54.4 Å². The van der Waals surface area contributed by atoms with E-state index in [4.69, 9.17) is 14.2 Å². The number of nitrogens with one attached hydrogen (secondary N) is 2. The van der Waals surface area contributed by atoms with E-state index in [2.05, 4.69) is 10.6 Å². The van der Waals surface area contributed by atoms with Crippen LogP contribution in [0.5, 0.6) is 11.5 Å². The molecule has 2 amide bonds. The number of benzene rings is 3. The Morgan fingerprint density at radius 2 is 1.58 bits per heavy atom. The molecule has 0 aliphatic carbocycles. The molecule has 0 fully saturated rings. The molecule has 3 rings (SSSR count). The Kier molecular flexibility index (Phi) is 8.31. The summed E-state index contributed by atoms with van der Waals surface area (Å²) in [5.41, 5.74) is 3.94. The van der Waals surface area contributed by atoms with Crippen LogP contribution in [-0.2, 0) is 18.0 Å². The number of carbonyl (C=O) groups excluding carboxylic acids is 1. The second-order valence-corrected chi connectivity index (χ2v) is 7.08. The molecule has 6 nitrogen and oxygen atoms in total. The topological polar surface area (TPSA) is 68.8 Å². The molecule has 0 radical (unpaired) electrons. The summed E-state index contributed by atoms with van der Waals surface area (Å²) in [5, 5.41) is 5.62. The fourth-order valence-electron chi connectivity index (χ4n) is 2.89. The summed E-state index contributed by atoms with van der Waals surface area (Å²) < 4.78 is 16.5. The van der Waals surface area contributed by atoms with Crippen LogP contribution < -0.4 is 20.1 Å². The van der Waals surface area contributed by atoms with Gasteiger partial charge in [0, 0.05) is 5.69 Å². The van der Waals surface area contributed by atoms with Crippen molar-refractivity contribution in [3.05, 3.63) is 89.5 Å². The molecule has 0 heterocycles. The van der Waals surface area contributed by atoms with Crippen LogP contribution in [0, 0.1) is 6.92 Å². The van der Waals surface area contributed by atoms with Gasteiger partial charge in [-0.25, -0.2) is 4.79 Å². The van der Waals surface area contributed by atoms with E-state index in [1.165, 1.54) is 5.56 Å². The van der Waals surface area contributed by atoms with Crippen LogP contribution in [0.1, 0.15) is 16.7 Å². The number of anilines is 1. The Bertz CT molecular complexity index is 956. The second kappa shape index (κ2) is 11.6. The molecule has 0 aliphatic rings. The summed E-state index contributed by atoms with van der Waals surface area (Å²) in [6.07, 6.45) is 0. The van der Waals surface area contributed by atoms with Gasteiger partial charge in [0.15, 0.2) is 0 Å². The molecule has 0 saturated heterocycles. The Hall–Kier alpha value is -3.51. The zero-order valence-electron chi connectivity index (χ0n) is 17.9. The number of hydrogen-bond acceptors (Lipinski definition) is 4. The highest BCUT2D eigenvalue weighted by atomic mass is 16.5. The predicted molar refractivity (Wildman–Crippen MR) is 122 cm³/mol. The third-order valence-electron chi connectivity index (χ3n) is 4.56. The minimum Gasteiger partial charge on any atom is -0.497 e. The van der Waals surface area contributed by atoms with E-state index in [0.29, 0.717) is 32.1 Å². The van der Waals surface area contributed by atoms with Crippen LogP contribution in [0.4, 0.5) is 10.5 Å². The Labute approximate surface area is 183 Å². The number of amides is 2. The maximum Gasteiger partial charge on any atom is 0.319 e. The first-order chi connectivity index (χ1) is 15.1. The van der Waals surface area contributed by atoms with Gasteiger partial charge in [-0.2, -0.15) is 0 Å². The number of hydrogen-bond donors (Lipinski definition) is 2. The van der Waals surface area contributed by atoms with Gasteiger partial charge in [0.25, 0.3) is 0 Å². The lowest BCUT2D eigenvalue weighted by atomic mass is 10.2. The van der Waals surface area contributed by atoms with Crippen molar-refractivity contribution in [1.29, 1.82) is 0 Å². The van der Waals surface area contributed by atoms with Crippen LogP contribution in [-0.4, -0.2) is 26.3 Å². The van der Waals surface area contributed by atoms with Gasteiger partial charge in [0.1, 0.15) is 18.1 Å². The largest absolute Gasteiger partial charge is 0.497 e. The van der Waals surface area contributed by atoms with Crippen LogP contribution >= 0.6 is 0 Å². The molecular formula is C25H28N2O4. The van der Waals surface area contributed by atoms with Crippen LogP contribution in [0.2, 0.25) is 0 Å². The molecule has 3 aromatic rings. The van der Waals surface area contributed by atoms with E-state index in [9.17, 15) is 4.79 Å². The first-order valence-corrected chi connectivity index (χ1v) is 10.2. The van der Waals surface area contributed by atoms with Crippen LogP contribution in [0.3, 0.4) is 0 Å². The molecule has 0 spiro atoms. The van der Waals surface area contributed by atoms with Gasteiger partial charge in [-0.15, -0.1) is 0 Å². The molecule has 31 heavy (non-hydrogen) atoms. The fraction of sp³-hybridized carbons (Fsp3) is 0.240. The van der Waals surface area contributed by atoms with Crippen molar-refractivity contribution in [2.24, 2.45) is 0 Å². The van der Waals surface area contributed by atoms with Crippen molar-refractivity contribution in [1.82, 2.24) is 5.32 Å². The summed E-state index contributed by atoms with van der Waals surface area (Å²) in [6, 6.07) is 22.9. The molecule has 0 unspecified atom stereocenters. The summed E-state index contributed by atoms with van der Waals surface area (Å²) in [4.78, 5) is 12.1. The van der Waals surface area contributed by atoms with E-state index >= 15 is 0 Å². The number of rotatable bonds is 10. The molecule has 0 atom stereocenters. The number of carbonyl (C=O) groups is 1. The minimum absolute atomic E-state index is 0.274. The monoisotopic (exact) mass is 420 g/mol. The lowest BCUT2D eigenvalue weighted by Gasteiger charge is -2.11. The summed E-state index contributed by atoms with van der Waals surface area (Å²) in [7, 11) is 1.64. The number of ether oxygens (including phenoxy) is 3. The van der Waals surface area contributed by atoms with Crippen LogP contribution in [0.15, 0.2) is 72.8 Å². The Morgan fingerprint density at radius 1 is 0.871 bits per heavy atom. The number of urea groups is 1. The van der Waals surface area contributed by atoms with Gasteiger partial charge < -0.3 is 24.8 Å². The van der Waals surface area contributed by atoms with E-state index in [1.54, 1.807) is 7.11 Å². The zero-order valence-corrected chi connectivity index (χ0v) is 17.9. The lowest BCUT2D eigenvalue weighted by molar-refractivity contribution is 0.107. The average molecular weight is 421 g/mol. The maximum absolute atomic E-state index is 12.1. The van der Waals surface area contributed by atoms with Crippen molar-refractivity contribution >= 4 is 11.7 Å². The maximum atomic E-state index is 12.1. The molecule has 3 aromatic carbocycles. The first-order valence-electron chi connectivity index (χ1n) is 10.2. The highest BCUT2D eigenvalue weighted by Crippen LogP contribution is 2.15. The highest BCUT2D eigenvalue weighted by molar-refractivity contribution is 5.89. The summed E-state index contributed by atoms with van der Waals surface area (Å²) in [5.74, 6) is 1.61. The van der Waals surface area contributed by atoms with Crippen LogP contribution in [0.25, 0.3) is 0 Å². The normalized spacial score (nSPS) is 10.4. The quantitative estimate of drug-likeness (QED) is 0.457. The van der Waals surface area contributed by atoms with Crippen molar-refractivity contribution in [2.75, 3.05) is 25.6 Å². The lowest BCUT2D eigenvalue weighted by Crippen LogP contribution is -2.32. The van der Waals surface area contributed by atoms with Gasteiger partial charge in [-0.1, -0.05) is 42.0 Å². The second-order valence-electron chi connectivity index (χ2n) is 7.08. The molecule has 0 aliphatic heterocycles. The van der Waals surface area contributed by atoms with E-state index in [1.807, 2.05) is 79.7 Å². The molecule has 0 saturated carbocycles. The average Bonchev–Trinajstić information content (AvgIpc) is 2.79. The van der Waals surface area contributed by atoms with E-state index < -0.39 is 0 Å². The molecule has 0 aromatic heterocycles.